The molecular formula is C48H95N3O4. The van der Waals surface area contributed by atoms with Crippen molar-refractivity contribution in [3.8, 4) is 0 Å². The molecule has 0 aliphatic carbocycles. The minimum atomic E-state index is -0.956. The predicted octanol–water partition coefficient (Wildman–Crippen LogP) is 13.2. The molecule has 326 valence electrons. The number of nitrogens with one attached hydrogen (secondary N) is 2. The normalized spacial score (nSPS) is 13.5. The first kappa shape index (κ1) is 53.4. The van der Waals surface area contributed by atoms with Crippen LogP contribution in [-0.4, -0.2) is 41.5 Å². The lowest BCUT2D eigenvalue weighted by molar-refractivity contribution is -0.146. The van der Waals surface area contributed by atoms with Crippen molar-refractivity contribution in [2.24, 2.45) is 11.7 Å². The lowest BCUT2D eigenvalue weighted by Crippen LogP contribution is -2.67. The van der Waals surface area contributed by atoms with Gasteiger partial charge in [0.2, 0.25) is 11.8 Å². The Balaban J connectivity index is 4.51. The molecule has 0 aromatic rings. The molecule has 2 amide bonds. The molecule has 0 radical (unpaired) electrons. The molecule has 4 N–H and O–H groups in total. The minimum absolute atomic E-state index is 0.171. The van der Waals surface area contributed by atoms with Crippen LogP contribution in [0.3, 0.4) is 0 Å². The van der Waals surface area contributed by atoms with Crippen LogP contribution in [0.5, 0.6) is 0 Å². The summed E-state index contributed by atoms with van der Waals surface area (Å²) in [6.45, 7) is 14.4. The molecule has 0 heterocycles. The van der Waals surface area contributed by atoms with Crippen LogP contribution in [0.2, 0.25) is 0 Å². The molecule has 0 bridgehead atoms. The number of amides is 2. The topological polar surface area (TPSA) is 111 Å². The van der Waals surface area contributed by atoms with Crippen LogP contribution in [0.15, 0.2) is 0 Å². The van der Waals surface area contributed by atoms with Crippen molar-refractivity contribution < 1.29 is 19.1 Å². The van der Waals surface area contributed by atoms with Gasteiger partial charge in [0.25, 0.3) is 0 Å². The van der Waals surface area contributed by atoms with Gasteiger partial charge in [-0.3, -0.25) is 14.4 Å². The maximum Gasteiger partial charge on any atom is 0.305 e. The smallest absolute Gasteiger partial charge is 0.305 e. The molecule has 0 saturated heterocycles. The summed E-state index contributed by atoms with van der Waals surface area (Å²) in [5.41, 5.74) is 5.30. The third-order valence-electron chi connectivity index (χ3n) is 11.8. The summed E-state index contributed by atoms with van der Waals surface area (Å²) >= 11 is 0. The highest BCUT2D eigenvalue weighted by atomic mass is 16.5. The molecule has 0 saturated carbocycles. The summed E-state index contributed by atoms with van der Waals surface area (Å²) in [4.78, 5) is 39.3. The van der Waals surface area contributed by atoms with Gasteiger partial charge < -0.3 is 21.1 Å². The Morgan fingerprint density at radius 1 is 0.527 bits per heavy atom. The van der Waals surface area contributed by atoms with E-state index in [0.29, 0.717) is 18.8 Å². The number of unbranched alkanes of at least 4 members (excludes halogenated alkanes) is 28. The Bertz CT molecular complexity index is 919. The summed E-state index contributed by atoms with van der Waals surface area (Å²) in [5, 5.41) is 5.97. The van der Waals surface area contributed by atoms with Crippen LogP contribution < -0.4 is 16.4 Å². The van der Waals surface area contributed by atoms with Gasteiger partial charge in [0, 0.05) is 18.4 Å². The lowest BCUT2D eigenvalue weighted by atomic mass is 9.76. The molecule has 0 aromatic carbocycles. The van der Waals surface area contributed by atoms with Crippen LogP contribution in [-0.2, 0) is 19.1 Å². The van der Waals surface area contributed by atoms with Gasteiger partial charge in [-0.1, -0.05) is 207 Å². The van der Waals surface area contributed by atoms with E-state index in [1.54, 1.807) is 0 Å². The predicted molar refractivity (Wildman–Crippen MR) is 236 cm³/mol. The second-order valence-corrected chi connectivity index (χ2v) is 18.3. The van der Waals surface area contributed by atoms with Crippen LogP contribution >= 0.6 is 0 Å². The monoisotopic (exact) mass is 778 g/mol. The molecule has 55 heavy (non-hydrogen) atoms. The zero-order valence-corrected chi connectivity index (χ0v) is 37.9. The molecule has 0 aliphatic rings. The number of ether oxygens (including phenoxy) is 1. The molecular weight excluding hydrogens is 683 g/mol. The molecule has 0 rings (SSSR count). The van der Waals surface area contributed by atoms with Crippen LogP contribution in [0, 0.1) is 5.92 Å². The van der Waals surface area contributed by atoms with Gasteiger partial charge >= 0.3 is 5.97 Å². The number of nitrogens with two attached hydrogens (primary N) is 1. The van der Waals surface area contributed by atoms with Crippen LogP contribution in [0.4, 0.5) is 0 Å². The number of esters is 1. The largest absolute Gasteiger partial charge is 0.463 e. The van der Waals surface area contributed by atoms with E-state index in [1.165, 1.54) is 154 Å². The van der Waals surface area contributed by atoms with E-state index in [9.17, 15) is 14.4 Å². The zero-order chi connectivity index (χ0) is 41.0. The second kappa shape index (κ2) is 35.5. The number of carbonyl (C=O) groups is 3. The fourth-order valence-electron chi connectivity index (χ4n) is 7.64. The maximum atomic E-state index is 13.6. The van der Waals surface area contributed by atoms with Gasteiger partial charge in [0.1, 0.15) is 12.6 Å². The summed E-state index contributed by atoms with van der Waals surface area (Å²) < 4.78 is 5.60. The van der Waals surface area contributed by atoms with E-state index in [-0.39, 0.29) is 24.4 Å². The van der Waals surface area contributed by atoms with E-state index in [4.69, 9.17) is 10.5 Å². The molecule has 2 atom stereocenters. The van der Waals surface area contributed by atoms with Gasteiger partial charge in [0.15, 0.2) is 0 Å². The zero-order valence-electron chi connectivity index (χ0n) is 37.9. The number of hydrogen-bond acceptors (Lipinski definition) is 5. The summed E-state index contributed by atoms with van der Waals surface area (Å²) in [6, 6.07) is -0.956. The third-order valence-corrected chi connectivity index (χ3v) is 11.8. The SMILES string of the molecule is CCCCCCCCCCCCCCCCCC(=O)NC(COC(=O)CCCCCCCCCCCCCCCCC)C(=O)NC(C)(C)C(C)(N)CC(C)C. The Labute approximate surface area is 342 Å². The Hall–Kier alpha value is -1.63. The highest BCUT2D eigenvalue weighted by Crippen LogP contribution is 2.26. The van der Waals surface area contributed by atoms with Gasteiger partial charge in [-0.15, -0.1) is 0 Å². The van der Waals surface area contributed by atoms with Gasteiger partial charge in [-0.2, -0.15) is 0 Å². The maximum absolute atomic E-state index is 13.6. The van der Waals surface area contributed by atoms with Crippen molar-refractivity contribution in [2.75, 3.05) is 6.61 Å². The van der Waals surface area contributed by atoms with Crippen LogP contribution in [0.25, 0.3) is 0 Å². The third kappa shape index (κ3) is 32.1. The van der Waals surface area contributed by atoms with E-state index in [0.717, 1.165) is 44.9 Å². The minimum Gasteiger partial charge on any atom is -0.463 e. The van der Waals surface area contributed by atoms with E-state index >= 15 is 0 Å². The number of hydrogen-bond donors (Lipinski definition) is 3. The van der Waals surface area contributed by atoms with Gasteiger partial charge in [-0.05, 0) is 46.0 Å². The Morgan fingerprint density at radius 3 is 1.20 bits per heavy atom. The van der Waals surface area contributed by atoms with Crippen molar-refractivity contribution >= 4 is 17.8 Å². The lowest BCUT2D eigenvalue weighted by Gasteiger charge is -2.43. The molecule has 0 aromatic heterocycles. The fraction of sp³-hybridized carbons (Fsp3) is 0.938. The van der Waals surface area contributed by atoms with Crippen molar-refractivity contribution in [2.45, 2.75) is 277 Å². The molecule has 0 spiro atoms. The first-order valence-electron chi connectivity index (χ1n) is 23.9. The number of carbonyl (C=O) groups excluding carboxylic acids is 3. The van der Waals surface area contributed by atoms with E-state index in [1.807, 2.05) is 20.8 Å². The molecule has 2 unspecified atom stereocenters. The quantitative estimate of drug-likeness (QED) is 0.0424. The Kier molecular flexibility index (Phi) is 34.5. The first-order chi connectivity index (χ1) is 26.4. The van der Waals surface area contributed by atoms with E-state index in [2.05, 4.69) is 38.3 Å². The average molecular weight is 778 g/mol. The Morgan fingerprint density at radius 2 is 0.855 bits per heavy atom. The molecule has 0 aliphatic heterocycles. The van der Waals surface area contributed by atoms with Crippen LogP contribution in [0.1, 0.15) is 260 Å². The van der Waals surface area contributed by atoms with Gasteiger partial charge in [-0.25, -0.2) is 0 Å². The van der Waals surface area contributed by atoms with Crippen molar-refractivity contribution in [1.29, 1.82) is 0 Å². The fourth-order valence-corrected chi connectivity index (χ4v) is 7.64. The molecule has 7 nitrogen and oxygen atoms in total. The molecule has 7 heteroatoms. The molecule has 0 fully saturated rings. The second-order valence-electron chi connectivity index (χ2n) is 18.3. The average Bonchev–Trinajstić information content (AvgIpc) is 3.12. The first-order valence-corrected chi connectivity index (χ1v) is 23.9. The van der Waals surface area contributed by atoms with Crippen molar-refractivity contribution in [1.82, 2.24) is 10.6 Å². The number of rotatable bonds is 40. The van der Waals surface area contributed by atoms with E-state index < -0.39 is 17.1 Å². The van der Waals surface area contributed by atoms with Gasteiger partial charge in [0.05, 0.1) is 5.54 Å². The highest BCUT2D eigenvalue weighted by Gasteiger charge is 2.40. The summed E-state index contributed by atoms with van der Waals surface area (Å²) in [7, 11) is 0. The summed E-state index contributed by atoms with van der Waals surface area (Å²) in [5.74, 6) is -0.497. The van der Waals surface area contributed by atoms with Crippen molar-refractivity contribution in [3.63, 3.8) is 0 Å². The highest BCUT2D eigenvalue weighted by molar-refractivity contribution is 5.88. The van der Waals surface area contributed by atoms with Crippen molar-refractivity contribution in [3.05, 3.63) is 0 Å². The summed E-state index contributed by atoms with van der Waals surface area (Å²) in [6.07, 6.45) is 39.6. The standard InChI is InChI=1S/C48H95N3O4/c1-8-10-12-14-16-18-20-22-24-26-28-30-32-34-36-38-44(52)50-43(46(54)51-47(5,6)48(7,49)40-42(3)4)41-55-45(53)39-37-35-33-31-29-27-25-23-21-19-17-15-13-11-9-2/h42-43H,8-41,49H2,1-7H3,(H,50,52)(H,51,54).